The van der Waals surface area contributed by atoms with Crippen LogP contribution in [0.15, 0.2) is 71.6 Å². The molecule has 3 N–H and O–H groups in total. The molecular formula is C24H25N3O2S. The number of imidazole rings is 1. The van der Waals surface area contributed by atoms with E-state index in [-0.39, 0.29) is 4.90 Å². The summed E-state index contributed by atoms with van der Waals surface area (Å²) >= 11 is 0. The maximum Gasteiger partial charge on any atom is 0.238 e. The third kappa shape index (κ3) is 4.30. The Morgan fingerprint density at radius 1 is 0.967 bits per heavy atom. The molecule has 1 aromatic heterocycles. The number of hydrogen-bond donors (Lipinski definition) is 2. The van der Waals surface area contributed by atoms with Crippen molar-refractivity contribution in [3.05, 3.63) is 83.7 Å². The van der Waals surface area contributed by atoms with Crippen LogP contribution >= 0.6 is 0 Å². The zero-order valence-electron chi connectivity index (χ0n) is 17.1. The molecule has 0 fully saturated rings. The van der Waals surface area contributed by atoms with E-state index in [1.807, 2.05) is 18.2 Å². The second kappa shape index (κ2) is 8.05. The first-order valence-electron chi connectivity index (χ1n) is 10.0. The lowest BCUT2D eigenvalue weighted by Gasteiger charge is -2.07. The molecular weight excluding hydrogens is 394 g/mol. The molecule has 0 radical (unpaired) electrons. The van der Waals surface area contributed by atoms with Crippen molar-refractivity contribution in [2.45, 2.75) is 37.5 Å². The van der Waals surface area contributed by atoms with Crippen molar-refractivity contribution in [3.8, 4) is 11.1 Å². The highest BCUT2D eigenvalue weighted by molar-refractivity contribution is 7.89. The number of primary sulfonamides is 1. The number of nitrogens with two attached hydrogens (primary N) is 1. The highest BCUT2D eigenvalue weighted by atomic mass is 32.2. The minimum absolute atomic E-state index is 0.119. The van der Waals surface area contributed by atoms with Gasteiger partial charge in [-0.05, 0) is 47.2 Å². The van der Waals surface area contributed by atoms with Crippen molar-refractivity contribution >= 4 is 21.1 Å². The molecule has 0 aliphatic heterocycles. The standard InChI is InChI=1S/C24H25N3O2S/c1-16(2)18-10-7-17(8-11-18)9-14-24-26-21-13-12-19(15-22(21)27-24)20-5-3-4-6-23(20)30(25,28)29/h3-8,10-13,15-16H,9,14H2,1-2H3,(H,26,27)(H2,25,28,29). The van der Waals surface area contributed by atoms with Gasteiger partial charge in [-0.25, -0.2) is 18.5 Å². The number of benzene rings is 3. The molecule has 154 valence electrons. The van der Waals surface area contributed by atoms with E-state index in [2.05, 4.69) is 48.1 Å². The maximum atomic E-state index is 11.9. The Kier molecular flexibility index (Phi) is 5.45. The molecule has 5 nitrogen and oxygen atoms in total. The Labute approximate surface area is 177 Å². The number of aromatic nitrogens is 2. The zero-order valence-corrected chi connectivity index (χ0v) is 17.9. The van der Waals surface area contributed by atoms with Crippen LogP contribution in [0.4, 0.5) is 0 Å². The first kappa shape index (κ1) is 20.3. The van der Waals surface area contributed by atoms with Crippen molar-refractivity contribution in [1.82, 2.24) is 9.97 Å². The van der Waals surface area contributed by atoms with Gasteiger partial charge in [0.15, 0.2) is 0 Å². The molecule has 0 aliphatic carbocycles. The lowest BCUT2D eigenvalue weighted by molar-refractivity contribution is 0.598. The summed E-state index contributed by atoms with van der Waals surface area (Å²) in [7, 11) is -3.80. The number of H-pyrrole nitrogens is 1. The maximum absolute atomic E-state index is 11.9. The summed E-state index contributed by atoms with van der Waals surface area (Å²) in [6, 6.07) is 21.2. The van der Waals surface area contributed by atoms with Crippen molar-refractivity contribution in [3.63, 3.8) is 0 Å². The second-order valence-electron chi connectivity index (χ2n) is 7.85. The van der Waals surface area contributed by atoms with Crippen LogP contribution in [0.5, 0.6) is 0 Å². The van der Waals surface area contributed by atoms with Crippen molar-refractivity contribution in [2.24, 2.45) is 5.14 Å². The molecule has 0 aliphatic rings. The number of nitrogens with one attached hydrogen (secondary N) is 1. The Bertz CT molecular complexity index is 1290. The normalized spacial score (nSPS) is 12.0. The largest absolute Gasteiger partial charge is 0.342 e. The summed E-state index contributed by atoms with van der Waals surface area (Å²) in [5, 5.41) is 5.38. The molecule has 6 heteroatoms. The van der Waals surface area contributed by atoms with Crippen LogP contribution < -0.4 is 5.14 Å². The average molecular weight is 420 g/mol. The smallest absolute Gasteiger partial charge is 0.238 e. The van der Waals surface area contributed by atoms with Crippen LogP contribution in [0.1, 0.15) is 36.7 Å². The number of hydrogen-bond acceptors (Lipinski definition) is 3. The first-order chi connectivity index (χ1) is 14.3. The van der Waals surface area contributed by atoms with Crippen LogP contribution in [-0.4, -0.2) is 18.4 Å². The van der Waals surface area contributed by atoms with Crippen LogP contribution in [-0.2, 0) is 22.9 Å². The number of aromatic amines is 1. The Balaban J connectivity index is 1.58. The Morgan fingerprint density at radius 2 is 1.70 bits per heavy atom. The van der Waals surface area contributed by atoms with Gasteiger partial charge in [0.25, 0.3) is 0 Å². The van der Waals surface area contributed by atoms with E-state index in [4.69, 9.17) is 5.14 Å². The van der Waals surface area contributed by atoms with Gasteiger partial charge in [-0.3, -0.25) is 0 Å². The summed E-state index contributed by atoms with van der Waals surface area (Å²) < 4.78 is 23.9. The van der Waals surface area contributed by atoms with Gasteiger partial charge in [0, 0.05) is 12.0 Å². The predicted octanol–water partition coefficient (Wildman–Crippen LogP) is 4.79. The number of sulfonamides is 1. The van der Waals surface area contributed by atoms with Crippen LogP contribution in [0.2, 0.25) is 0 Å². The molecule has 0 saturated carbocycles. The van der Waals surface area contributed by atoms with Crippen molar-refractivity contribution < 1.29 is 8.42 Å². The van der Waals surface area contributed by atoms with E-state index < -0.39 is 10.0 Å². The lowest BCUT2D eigenvalue weighted by Crippen LogP contribution is -2.13. The molecule has 3 aromatic carbocycles. The van der Waals surface area contributed by atoms with Gasteiger partial charge < -0.3 is 4.98 Å². The van der Waals surface area contributed by atoms with E-state index >= 15 is 0 Å². The van der Waals surface area contributed by atoms with Crippen LogP contribution in [0, 0.1) is 0 Å². The van der Waals surface area contributed by atoms with Gasteiger partial charge in [-0.2, -0.15) is 0 Å². The summed E-state index contributed by atoms with van der Waals surface area (Å²) in [6.45, 7) is 4.39. The summed E-state index contributed by atoms with van der Waals surface area (Å²) in [4.78, 5) is 8.17. The van der Waals surface area contributed by atoms with Gasteiger partial charge in [0.2, 0.25) is 10.0 Å². The fourth-order valence-corrected chi connectivity index (χ4v) is 4.39. The summed E-state index contributed by atoms with van der Waals surface area (Å²) in [5.74, 6) is 1.44. The number of rotatable bonds is 6. The summed E-state index contributed by atoms with van der Waals surface area (Å²) in [6.07, 6.45) is 1.71. The number of fused-ring (bicyclic) bond motifs is 1. The van der Waals surface area contributed by atoms with Crippen LogP contribution in [0.3, 0.4) is 0 Å². The van der Waals surface area contributed by atoms with Gasteiger partial charge in [0.1, 0.15) is 5.82 Å². The van der Waals surface area contributed by atoms with Gasteiger partial charge in [-0.1, -0.05) is 62.4 Å². The van der Waals surface area contributed by atoms with Crippen molar-refractivity contribution in [2.75, 3.05) is 0 Å². The van der Waals surface area contributed by atoms with E-state index in [0.29, 0.717) is 11.5 Å². The Hall–Kier alpha value is -2.96. The highest BCUT2D eigenvalue weighted by Crippen LogP contribution is 2.29. The molecule has 0 amide bonds. The highest BCUT2D eigenvalue weighted by Gasteiger charge is 2.15. The molecule has 4 aromatic rings. The van der Waals surface area contributed by atoms with Crippen LogP contribution in [0.25, 0.3) is 22.2 Å². The van der Waals surface area contributed by atoms with E-state index in [1.54, 1.807) is 18.2 Å². The first-order valence-corrected chi connectivity index (χ1v) is 11.6. The topological polar surface area (TPSA) is 88.8 Å². The minimum Gasteiger partial charge on any atom is -0.342 e. The molecule has 0 bridgehead atoms. The fourth-order valence-electron chi connectivity index (χ4n) is 3.63. The molecule has 0 spiro atoms. The number of nitrogens with zero attached hydrogens (tertiary/aromatic N) is 1. The quantitative estimate of drug-likeness (QED) is 0.471. The third-order valence-corrected chi connectivity index (χ3v) is 6.30. The molecule has 30 heavy (non-hydrogen) atoms. The molecule has 0 unspecified atom stereocenters. The number of aryl methyl sites for hydroxylation is 2. The van der Waals surface area contributed by atoms with Gasteiger partial charge >= 0.3 is 0 Å². The van der Waals surface area contributed by atoms with Gasteiger partial charge in [-0.15, -0.1) is 0 Å². The third-order valence-electron chi connectivity index (χ3n) is 5.33. The average Bonchev–Trinajstić information content (AvgIpc) is 3.14. The fraction of sp³-hybridized carbons (Fsp3) is 0.208. The molecule has 1 heterocycles. The molecule has 0 atom stereocenters. The van der Waals surface area contributed by atoms with E-state index in [0.717, 1.165) is 35.3 Å². The predicted molar refractivity (Wildman–Crippen MR) is 121 cm³/mol. The zero-order chi connectivity index (χ0) is 21.3. The SMILES string of the molecule is CC(C)c1ccc(CCc2nc3ccc(-c4ccccc4S(N)(=O)=O)cc3[nH]2)cc1. The monoisotopic (exact) mass is 419 g/mol. The molecule has 0 saturated heterocycles. The molecule has 4 rings (SSSR count). The second-order valence-corrected chi connectivity index (χ2v) is 9.38. The summed E-state index contributed by atoms with van der Waals surface area (Å²) in [5.41, 5.74) is 5.73. The minimum atomic E-state index is -3.80. The Morgan fingerprint density at radius 3 is 2.40 bits per heavy atom. The van der Waals surface area contributed by atoms with Gasteiger partial charge in [0.05, 0.1) is 15.9 Å². The van der Waals surface area contributed by atoms with E-state index in [1.165, 1.54) is 17.2 Å². The lowest BCUT2D eigenvalue weighted by atomic mass is 10.0. The van der Waals surface area contributed by atoms with Crippen molar-refractivity contribution in [1.29, 1.82) is 0 Å². The van der Waals surface area contributed by atoms with E-state index in [9.17, 15) is 8.42 Å².